The highest BCUT2D eigenvalue weighted by molar-refractivity contribution is 7.46. The predicted octanol–water partition coefficient (Wildman–Crippen LogP) is -1.71. The average Bonchev–Trinajstić information content (AvgIpc) is 1.99. The molecule has 2 atom stereocenters. The SMILES string of the molecule is O=C(O)C(O)CC(O)COP(=O)(O)O. The lowest BCUT2D eigenvalue weighted by Crippen LogP contribution is -2.27. The van der Waals surface area contributed by atoms with Crippen molar-refractivity contribution in [3.63, 3.8) is 0 Å². The van der Waals surface area contributed by atoms with Crippen molar-refractivity contribution in [2.24, 2.45) is 0 Å². The fourth-order valence-corrected chi connectivity index (χ4v) is 0.976. The maximum Gasteiger partial charge on any atom is 0.469 e. The monoisotopic (exact) mass is 230 g/mol. The summed E-state index contributed by atoms with van der Waals surface area (Å²) in [4.78, 5) is 26.5. The van der Waals surface area contributed by atoms with Gasteiger partial charge < -0.3 is 25.1 Å². The molecule has 0 aliphatic rings. The number of phosphoric acid groups is 1. The van der Waals surface area contributed by atoms with E-state index in [0.29, 0.717) is 0 Å². The second-order valence-electron chi connectivity index (χ2n) is 2.53. The second kappa shape index (κ2) is 5.40. The number of hydrogen-bond acceptors (Lipinski definition) is 5. The minimum absolute atomic E-state index is 0.560. The number of aliphatic carboxylic acids is 1. The summed E-state index contributed by atoms with van der Waals surface area (Å²) in [5.41, 5.74) is 0. The number of carbonyl (C=O) groups is 1. The van der Waals surface area contributed by atoms with Gasteiger partial charge in [0, 0.05) is 6.42 Å². The van der Waals surface area contributed by atoms with E-state index in [0.717, 1.165) is 0 Å². The van der Waals surface area contributed by atoms with Gasteiger partial charge >= 0.3 is 13.8 Å². The van der Waals surface area contributed by atoms with Gasteiger partial charge in [0.25, 0.3) is 0 Å². The van der Waals surface area contributed by atoms with Gasteiger partial charge in [0.15, 0.2) is 6.10 Å². The van der Waals surface area contributed by atoms with E-state index in [4.69, 9.17) is 25.1 Å². The Hall–Kier alpha value is -0.500. The first-order valence-corrected chi connectivity index (χ1v) is 5.04. The number of phosphoric ester groups is 1. The number of hydrogen-bond donors (Lipinski definition) is 5. The highest BCUT2D eigenvalue weighted by Gasteiger charge is 2.21. The van der Waals surface area contributed by atoms with E-state index in [-0.39, 0.29) is 0 Å². The zero-order valence-corrected chi connectivity index (χ0v) is 7.87. The molecular formula is C5H11O8P. The maximum atomic E-state index is 10.1. The summed E-state index contributed by atoms with van der Waals surface area (Å²) in [6.45, 7) is -0.741. The Bertz CT molecular complexity index is 234. The molecule has 0 aromatic heterocycles. The summed E-state index contributed by atoms with van der Waals surface area (Å²) in [7, 11) is -4.68. The molecule has 84 valence electrons. The molecule has 0 amide bonds. The van der Waals surface area contributed by atoms with Crippen molar-refractivity contribution in [2.45, 2.75) is 18.6 Å². The molecule has 0 radical (unpaired) electrons. The van der Waals surface area contributed by atoms with Crippen LogP contribution >= 0.6 is 7.82 Å². The molecular weight excluding hydrogens is 219 g/mol. The van der Waals surface area contributed by atoms with E-state index in [1.165, 1.54) is 0 Å². The van der Waals surface area contributed by atoms with E-state index in [9.17, 15) is 9.36 Å². The lowest BCUT2D eigenvalue weighted by molar-refractivity contribution is -0.148. The molecule has 0 aliphatic heterocycles. The molecule has 0 aromatic rings. The lowest BCUT2D eigenvalue weighted by atomic mass is 10.2. The van der Waals surface area contributed by atoms with Gasteiger partial charge in [-0.2, -0.15) is 0 Å². The molecule has 0 spiro atoms. The van der Waals surface area contributed by atoms with Crippen molar-refractivity contribution in [1.29, 1.82) is 0 Å². The van der Waals surface area contributed by atoms with Crippen LogP contribution in [0.5, 0.6) is 0 Å². The summed E-state index contributed by atoms with van der Waals surface area (Å²) in [5.74, 6) is -1.53. The molecule has 0 aliphatic carbocycles. The summed E-state index contributed by atoms with van der Waals surface area (Å²) in [6, 6.07) is 0. The standard InChI is InChI=1S/C5H11O8P/c6-3(1-4(7)5(8)9)2-13-14(10,11)12/h3-4,6-7H,1-2H2,(H,8,9)(H2,10,11,12). The fraction of sp³-hybridized carbons (Fsp3) is 0.800. The Morgan fingerprint density at radius 1 is 1.36 bits per heavy atom. The van der Waals surface area contributed by atoms with Crippen LogP contribution in [0.15, 0.2) is 0 Å². The van der Waals surface area contributed by atoms with Gasteiger partial charge in [-0.15, -0.1) is 0 Å². The first kappa shape index (κ1) is 13.5. The fourth-order valence-electron chi connectivity index (χ4n) is 0.610. The van der Waals surface area contributed by atoms with Crippen LogP contribution in [-0.4, -0.2) is 49.9 Å². The molecule has 9 heteroatoms. The number of aliphatic hydroxyl groups is 2. The van der Waals surface area contributed by atoms with Gasteiger partial charge in [-0.3, -0.25) is 4.52 Å². The predicted molar refractivity (Wildman–Crippen MR) is 42.3 cm³/mol. The van der Waals surface area contributed by atoms with Crippen LogP contribution in [0.25, 0.3) is 0 Å². The second-order valence-corrected chi connectivity index (χ2v) is 3.77. The van der Waals surface area contributed by atoms with Crippen LogP contribution in [0.2, 0.25) is 0 Å². The molecule has 0 saturated heterocycles. The molecule has 2 unspecified atom stereocenters. The van der Waals surface area contributed by atoms with E-state index < -0.39 is 39.0 Å². The largest absolute Gasteiger partial charge is 0.479 e. The van der Waals surface area contributed by atoms with Crippen molar-refractivity contribution >= 4 is 13.8 Å². The smallest absolute Gasteiger partial charge is 0.469 e. The van der Waals surface area contributed by atoms with Crippen LogP contribution in [0.4, 0.5) is 0 Å². The molecule has 0 heterocycles. The van der Waals surface area contributed by atoms with Crippen molar-refractivity contribution in [3.8, 4) is 0 Å². The average molecular weight is 230 g/mol. The third kappa shape index (κ3) is 6.96. The Labute approximate surface area is 79.0 Å². The van der Waals surface area contributed by atoms with Crippen molar-refractivity contribution in [3.05, 3.63) is 0 Å². The number of rotatable bonds is 6. The highest BCUT2D eigenvalue weighted by atomic mass is 31.2. The topological polar surface area (TPSA) is 145 Å². The van der Waals surface area contributed by atoms with Crippen LogP contribution in [0.1, 0.15) is 6.42 Å². The first-order chi connectivity index (χ1) is 6.22. The van der Waals surface area contributed by atoms with Crippen molar-refractivity contribution in [1.82, 2.24) is 0 Å². The van der Waals surface area contributed by atoms with Crippen LogP contribution in [0, 0.1) is 0 Å². The Morgan fingerprint density at radius 2 is 1.86 bits per heavy atom. The van der Waals surface area contributed by atoms with Crippen molar-refractivity contribution < 1.29 is 39.0 Å². The molecule has 0 fully saturated rings. The van der Waals surface area contributed by atoms with Gasteiger partial charge in [-0.05, 0) is 0 Å². The van der Waals surface area contributed by atoms with Gasteiger partial charge in [-0.1, -0.05) is 0 Å². The third-order valence-corrected chi connectivity index (χ3v) is 1.70. The Balaban J connectivity index is 3.82. The molecule has 0 aromatic carbocycles. The van der Waals surface area contributed by atoms with Gasteiger partial charge in [0.05, 0.1) is 12.7 Å². The molecule has 8 nitrogen and oxygen atoms in total. The lowest BCUT2D eigenvalue weighted by Gasteiger charge is -2.13. The number of carboxylic acids is 1. The number of aliphatic hydroxyl groups excluding tert-OH is 2. The normalized spacial score (nSPS) is 16.3. The highest BCUT2D eigenvalue weighted by Crippen LogP contribution is 2.35. The minimum Gasteiger partial charge on any atom is -0.479 e. The minimum atomic E-state index is -4.68. The summed E-state index contributed by atoms with van der Waals surface area (Å²) >= 11 is 0. The van der Waals surface area contributed by atoms with E-state index in [2.05, 4.69) is 4.52 Å². The zero-order valence-electron chi connectivity index (χ0n) is 6.98. The first-order valence-electron chi connectivity index (χ1n) is 3.51. The molecule has 0 bridgehead atoms. The molecule has 0 saturated carbocycles. The van der Waals surface area contributed by atoms with E-state index >= 15 is 0 Å². The quantitative estimate of drug-likeness (QED) is 0.339. The summed E-state index contributed by atoms with van der Waals surface area (Å²) < 4.78 is 14.0. The Kier molecular flexibility index (Phi) is 5.21. The van der Waals surface area contributed by atoms with E-state index in [1.807, 2.05) is 0 Å². The summed E-state index contributed by atoms with van der Waals surface area (Å²) in [6.07, 6.45) is -3.80. The number of carboxylic acid groups (broad SMARTS) is 1. The van der Waals surface area contributed by atoms with Gasteiger partial charge in [0.1, 0.15) is 0 Å². The molecule has 14 heavy (non-hydrogen) atoms. The zero-order chi connectivity index (χ0) is 11.4. The Morgan fingerprint density at radius 3 is 2.21 bits per heavy atom. The van der Waals surface area contributed by atoms with E-state index in [1.54, 1.807) is 0 Å². The van der Waals surface area contributed by atoms with Gasteiger partial charge in [-0.25, -0.2) is 9.36 Å². The van der Waals surface area contributed by atoms with Crippen LogP contribution in [-0.2, 0) is 13.9 Å². The van der Waals surface area contributed by atoms with Gasteiger partial charge in [0.2, 0.25) is 0 Å². The third-order valence-electron chi connectivity index (χ3n) is 1.22. The van der Waals surface area contributed by atoms with Crippen LogP contribution in [0.3, 0.4) is 0 Å². The molecule has 0 rings (SSSR count). The van der Waals surface area contributed by atoms with Crippen LogP contribution < -0.4 is 0 Å². The summed E-state index contributed by atoms with van der Waals surface area (Å²) in [5, 5.41) is 25.9. The van der Waals surface area contributed by atoms with Crippen molar-refractivity contribution in [2.75, 3.05) is 6.61 Å². The maximum absolute atomic E-state index is 10.1. The molecule has 5 N–H and O–H groups in total.